The average molecular weight is 348 g/mol. The number of ether oxygens (including phenoxy) is 1. The summed E-state index contributed by atoms with van der Waals surface area (Å²) in [5, 5.41) is 5.05. The number of methoxy groups -OCH3 is 1. The molecule has 0 bridgehead atoms. The highest BCUT2D eigenvalue weighted by Crippen LogP contribution is 2.21. The summed E-state index contributed by atoms with van der Waals surface area (Å²) in [5.74, 6) is -0.694. The number of carbonyl (C=O) groups is 2. The Bertz CT molecular complexity index is 953. The van der Waals surface area contributed by atoms with Crippen molar-refractivity contribution in [1.82, 2.24) is 0 Å². The van der Waals surface area contributed by atoms with Crippen LogP contribution in [0.5, 0.6) is 0 Å². The van der Waals surface area contributed by atoms with Crippen molar-refractivity contribution in [2.75, 3.05) is 30.9 Å². The van der Waals surface area contributed by atoms with Crippen molar-refractivity contribution in [3.05, 3.63) is 72.3 Å². The van der Waals surface area contributed by atoms with Crippen LogP contribution in [0.2, 0.25) is 0 Å². The van der Waals surface area contributed by atoms with Crippen molar-refractivity contribution in [3.8, 4) is 0 Å². The molecule has 0 aliphatic carbocycles. The van der Waals surface area contributed by atoms with Crippen LogP contribution < -0.4 is 10.2 Å². The molecule has 5 nitrogen and oxygen atoms in total. The Morgan fingerprint density at radius 2 is 1.65 bits per heavy atom. The highest BCUT2D eigenvalue weighted by molar-refractivity contribution is 6.02. The van der Waals surface area contributed by atoms with E-state index in [1.165, 1.54) is 7.11 Å². The van der Waals surface area contributed by atoms with Crippen LogP contribution in [0.3, 0.4) is 0 Å². The average Bonchev–Trinajstić information content (AvgIpc) is 2.67. The van der Waals surface area contributed by atoms with E-state index in [1.54, 1.807) is 24.3 Å². The topological polar surface area (TPSA) is 58.6 Å². The first-order valence-electron chi connectivity index (χ1n) is 8.25. The van der Waals surface area contributed by atoms with Crippen LogP contribution in [0.4, 0.5) is 11.4 Å². The molecule has 0 aliphatic heterocycles. The number of amides is 1. The summed E-state index contributed by atoms with van der Waals surface area (Å²) in [6.45, 7) is 0.161. The molecule has 0 saturated carbocycles. The van der Waals surface area contributed by atoms with Gasteiger partial charge in [0.15, 0.2) is 0 Å². The first-order chi connectivity index (χ1) is 12.6. The minimum Gasteiger partial charge on any atom is -0.465 e. The van der Waals surface area contributed by atoms with Gasteiger partial charge >= 0.3 is 5.97 Å². The highest BCUT2D eigenvalue weighted by Gasteiger charge is 2.14. The van der Waals surface area contributed by atoms with E-state index in [0.717, 1.165) is 16.5 Å². The van der Waals surface area contributed by atoms with Gasteiger partial charge in [0, 0.05) is 12.7 Å². The van der Waals surface area contributed by atoms with Crippen LogP contribution in [0.1, 0.15) is 10.4 Å². The standard InChI is InChI=1S/C21H20N2O3/c1-23(17-12-11-15-7-3-4-8-16(15)13-17)14-20(24)22-19-10-6-5-9-18(19)21(25)26-2/h3-13H,14H2,1-2H3,(H,22,24). The predicted octanol–water partition coefficient (Wildman–Crippen LogP) is 3.70. The van der Waals surface area contributed by atoms with Gasteiger partial charge in [-0.2, -0.15) is 0 Å². The lowest BCUT2D eigenvalue weighted by atomic mass is 10.1. The van der Waals surface area contributed by atoms with Gasteiger partial charge in [0.2, 0.25) is 5.91 Å². The summed E-state index contributed by atoms with van der Waals surface area (Å²) in [7, 11) is 3.17. The second-order valence-corrected chi connectivity index (χ2v) is 5.97. The Balaban J connectivity index is 1.72. The molecule has 0 atom stereocenters. The molecule has 5 heteroatoms. The van der Waals surface area contributed by atoms with E-state index in [9.17, 15) is 9.59 Å². The third-order valence-corrected chi connectivity index (χ3v) is 4.16. The fraction of sp³-hybridized carbons (Fsp3) is 0.143. The second-order valence-electron chi connectivity index (χ2n) is 5.97. The zero-order valence-electron chi connectivity index (χ0n) is 14.7. The van der Waals surface area contributed by atoms with Crippen molar-refractivity contribution in [1.29, 1.82) is 0 Å². The molecule has 0 saturated heterocycles. The largest absolute Gasteiger partial charge is 0.465 e. The Kier molecular flexibility index (Phi) is 5.17. The van der Waals surface area contributed by atoms with E-state index in [-0.39, 0.29) is 12.5 Å². The Morgan fingerprint density at radius 1 is 0.962 bits per heavy atom. The van der Waals surface area contributed by atoms with Gasteiger partial charge in [-0.1, -0.05) is 42.5 Å². The second kappa shape index (κ2) is 7.70. The lowest BCUT2D eigenvalue weighted by Crippen LogP contribution is -2.30. The van der Waals surface area contributed by atoms with E-state index < -0.39 is 5.97 Å². The van der Waals surface area contributed by atoms with Crippen molar-refractivity contribution in [2.45, 2.75) is 0 Å². The fourth-order valence-electron chi connectivity index (χ4n) is 2.79. The van der Waals surface area contributed by atoms with Gasteiger partial charge in [0.05, 0.1) is 24.9 Å². The molecule has 1 amide bonds. The fourth-order valence-corrected chi connectivity index (χ4v) is 2.79. The molecule has 26 heavy (non-hydrogen) atoms. The number of rotatable bonds is 5. The van der Waals surface area contributed by atoms with Crippen molar-refractivity contribution >= 4 is 34.0 Å². The maximum Gasteiger partial charge on any atom is 0.339 e. The van der Waals surface area contributed by atoms with Crippen LogP contribution in [0.15, 0.2) is 66.7 Å². The summed E-state index contributed by atoms with van der Waals surface area (Å²) < 4.78 is 4.75. The van der Waals surface area contributed by atoms with Crippen molar-refractivity contribution in [2.24, 2.45) is 0 Å². The number of benzene rings is 3. The number of anilines is 2. The molecule has 3 aromatic rings. The molecular formula is C21H20N2O3. The van der Waals surface area contributed by atoms with Crippen molar-refractivity contribution < 1.29 is 14.3 Å². The quantitative estimate of drug-likeness (QED) is 0.714. The van der Waals surface area contributed by atoms with Crippen LogP contribution in [0, 0.1) is 0 Å². The minimum atomic E-state index is -0.483. The van der Waals surface area contributed by atoms with Gasteiger partial charge in [0.25, 0.3) is 0 Å². The lowest BCUT2D eigenvalue weighted by molar-refractivity contribution is -0.114. The maximum absolute atomic E-state index is 12.4. The number of hydrogen-bond acceptors (Lipinski definition) is 4. The first kappa shape index (κ1) is 17.5. The molecule has 0 aliphatic rings. The summed E-state index contributed by atoms with van der Waals surface area (Å²) in [4.78, 5) is 26.1. The molecule has 0 aromatic heterocycles. The number of carbonyl (C=O) groups excluding carboxylic acids is 2. The van der Waals surface area contributed by atoms with Crippen LogP contribution in [-0.2, 0) is 9.53 Å². The minimum absolute atomic E-state index is 0.161. The summed E-state index contributed by atoms with van der Waals surface area (Å²) in [6, 6.07) is 20.9. The molecule has 132 valence electrons. The van der Waals surface area contributed by atoms with Crippen molar-refractivity contribution in [3.63, 3.8) is 0 Å². The third-order valence-electron chi connectivity index (χ3n) is 4.16. The van der Waals surface area contributed by atoms with E-state index >= 15 is 0 Å². The van der Waals surface area contributed by atoms with E-state index in [4.69, 9.17) is 4.74 Å². The number of nitrogens with one attached hydrogen (secondary N) is 1. The monoisotopic (exact) mass is 348 g/mol. The van der Waals surface area contributed by atoms with Gasteiger partial charge in [0.1, 0.15) is 0 Å². The van der Waals surface area contributed by atoms with Crippen LogP contribution in [0.25, 0.3) is 10.8 Å². The highest BCUT2D eigenvalue weighted by atomic mass is 16.5. The zero-order chi connectivity index (χ0) is 18.5. The molecule has 0 unspecified atom stereocenters. The normalized spacial score (nSPS) is 10.4. The van der Waals surface area contributed by atoms with Gasteiger partial charge in [-0.25, -0.2) is 4.79 Å². The molecule has 0 fully saturated rings. The van der Waals surface area contributed by atoms with Crippen LogP contribution in [-0.4, -0.2) is 32.6 Å². The van der Waals surface area contributed by atoms with Gasteiger partial charge < -0.3 is 15.0 Å². The third kappa shape index (κ3) is 3.83. The summed E-state index contributed by atoms with van der Waals surface area (Å²) in [5.41, 5.74) is 1.72. The molecule has 3 aromatic carbocycles. The number of para-hydroxylation sites is 1. The van der Waals surface area contributed by atoms with E-state index in [0.29, 0.717) is 11.3 Å². The van der Waals surface area contributed by atoms with Gasteiger partial charge in [-0.05, 0) is 35.0 Å². The molecule has 0 radical (unpaired) electrons. The Morgan fingerprint density at radius 3 is 2.42 bits per heavy atom. The molecule has 0 heterocycles. The number of esters is 1. The molecular weight excluding hydrogens is 328 g/mol. The van der Waals surface area contributed by atoms with Gasteiger partial charge in [-0.15, -0.1) is 0 Å². The molecule has 3 rings (SSSR count). The van der Waals surface area contributed by atoms with Gasteiger partial charge in [-0.3, -0.25) is 4.79 Å². The lowest BCUT2D eigenvalue weighted by Gasteiger charge is -2.20. The zero-order valence-corrected chi connectivity index (χ0v) is 14.7. The van der Waals surface area contributed by atoms with E-state index in [2.05, 4.69) is 11.4 Å². The predicted molar refractivity (Wildman–Crippen MR) is 104 cm³/mol. The van der Waals surface area contributed by atoms with E-state index in [1.807, 2.05) is 48.3 Å². The smallest absolute Gasteiger partial charge is 0.339 e. The number of hydrogen-bond donors (Lipinski definition) is 1. The summed E-state index contributed by atoms with van der Waals surface area (Å²) in [6.07, 6.45) is 0. The number of nitrogens with zero attached hydrogens (tertiary/aromatic N) is 1. The Labute approximate surface area is 152 Å². The maximum atomic E-state index is 12.4. The number of fused-ring (bicyclic) bond motifs is 1. The SMILES string of the molecule is COC(=O)c1ccccc1NC(=O)CN(C)c1ccc2ccccc2c1. The first-order valence-corrected chi connectivity index (χ1v) is 8.25. The molecule has 1 N–H and O–H groups in total. The number of likely N-dealkylation sites (N-methyl/N-ethyl adjacent to an activating group) is 1. The molecule has 0 spiro atoms. The summed E-state index contributed by atoms with van der Waals surface area (Å²) >= 11 is 0. The van der Waals surface area contributed by atoms with Crippen LogP contribution >= 0.6 is 0 Å². The Hall–Kier alpha value is -3.34.